The van der Waals surface area contributed by atoms with Gasteiger partial charge in [-0.15, -0.1) is 0 Å². The Morgan fingerprint density at radius 1 is 1.16 bits per heavy atom. The molecule has 3 amide bonds. The second-order valence-corrected chi connectivity index (χ2v) is 7.22. The molecule has 1 unspecified atom stereocenters. The maximum atomic E-state index is 12.8. The fraction of sp³-hybridized carbons (Fsp3) is 0.526. The van der Waals surface area contributed by atoms with Gasteiger partial charge in [0.1, 0.15) is 0 Å². The average Bonchev–Trinajstić information content (AvgIpc) is 3.19. The molecule has 2 aliphatic heterocycles. The van der Waals surface area contributed by atoms with Gasteiger partial charge in [0.2, 0.25) is 11.8 Å². The molecule has 4 rings (SSSR count). The number of hydrogen-bond acceptors (Lipinski definition) is 3. The first-order chi connectivity index (χ1) is 12.1. The number of aryl methyl sites for hydroxylation is 1. The number of carbonyl (C=O) groups excluding carboxylic acids is 3. The van der Waals surface area contributed by atoms with E-state index in [1.165, 1.54) is 11.1 Å². The lowest BCUT2D eigenvalue weighted by Crippen LogP contribution is -2.61. The summed E-state index contributed by atoms with van der Waals surface area (Å²) in [7, 11) is 1.59. The van der Waals surface area contributed by atoms with Crippen LogP contribution in [0.15, 0.2) is 18.2 Å². The van der Waals surface area contributed by atoms with Crippen LogP contribution in [0.2, 0.25) is 0 Å². The molecular formula is C19H23N3O3. The minimum atomic E-state index is -0.264. The molecule has 0 aromatic heterocycles. The lowest BCUT2D eigenvalue weighted by atomic mass is 9.99. The molecule has 3 aliphatic rings. The predicted octanol–water partition coefficient (Wildman–Crippen LogP) is 0.594. The van der Waals surface area contributed by atoms with Crippen LogP contribution in [0, 0.1) is 5.92 Å². The lowest BCUT2D eigenvalue weighted by Gasteiger charge is -2.44. The van der Waals surface area contributed by atoms with E-state index in [1.54, 1.807) is 11.9 Å². The third-order valence-corrected chi connectivity index (χ3v) is 5.74. The summed E-state index contributed by atoms with van der Waals surface area (Å²) in [5, 5.41) is 2.61. The first-order valence-corrected chi connectivity index (χ1v) is 8.99. The maximum Gasteiger partial charge on any atom is 0.254 e. The molecule has 0 saturated carbocycles. The van der Waals surface area contributed by atoms with Gasteiger partial charge in [0.25, 0.3) is 5.91 Å². The van der Waals surface area contributed by atoms with E-state index in [1.807, 2.05) is 17.0 Å². The highest BCUT2D eigenvalue weighted by Crippen LogP contribution is 2.29. The summed E-state index contributed by atoms with van der Waals surface area (Å²) < 4.78 is 0. The number of nitrogens with one attached hydrogen (secondary N) is 1. The first kappa shape index (κ1) is 16.1. The Labute approximate surface area is 147 Å². The number of hydrogen-bond donors (Lipinski definition) is 1. The van der Waals surface area contributed by atoms with Crippen molar-refractivity contribution in [2.75, 3.05) is 26.7 Å². The van der Waals surface area contributed by atoms with Gasteiger partial charge >= 0.3 is 0 Å². The van der Waals surface area contributed by atoms with Gasteiger partial charge in [-0.2, -0.15) is 0 Å². The Balaban J connectivity index is 1.39. The molecule has 0 spiro atoms. The first-order valence-electron chi connectivity index (χ1n) is 8.99. The zero-order chi connectivity index (χ0) is 17.6. The normalized spacial score (nSPS) is 22.8. The summed E-state index contributed by atoms with van der Waals surface area (Å²) >= 11 is 0. The number of amides is 3. The van der Waals surface area contributed by atoms with Crippen molar-refractivity contribution < 1.29 is 14.4 Å². The van der Waals surface area contributed by atoms with Gasteiger partial charge in [-0.3, -0.25) is 14.4 Å². The number of carbonyl (C=O) groups is 3. The third kappa shape index (κ3) is 2.69. The number of benzene rings is 1. The lowest BCUT2D eigenvalue weighted by molar-refractivity contribution is -0.132. The van der Waals surface area contributed by atoms with Crippen LogP contribution in [0.25, 0.3) is 0 Å². The monoisotopic (exact) mass is 341 g/mol. The molecule has 1 atom stereocenters. The quantitative estimate of drug-likeness (QED) is 0.875. The molecule has 6 heteroatoms. The number of likely N-dealkylation sites (tertiary alicyclic amines) is 2. The zero-order valence-electron chi connectivity index (χ0n) is 14.5. The van der Waals surface area contributed by atoms with Gasteiger partial charge in [0.15, 0.2) is 0 Å². The predicted molar refractivity (Wildman–Crippen MR) is 92.0 cm³/mol. The highest BCUT2D eigenvalue weighted by molar-refractivity contribution is 5.97. The number of nitrogens with zero attached hydrogens (tertiary/aromatic N) is 2. The fourth-order valence-corrected chi connectivity index (χ4v) is 4.27. The van der Waals surface area contributed by atoms with E-state index < -0.39 is 0 Å². The maximum absolute atomic E-state index is 12.8. The van der Waals surface area contributed by atoms with Crippen molar-refractivity contribution in [2.24, 2.45) is 5.92 Å². The molecule has 2 heterocycles. The molecule has 2 saturated heterocycles. The van der Waals surface area contributed by atoms with Crippen molar-refractivity contribution in [3.63, 3.8) is 0 Å². The smallest absolute Gasteiger partial charge is 0.254 e. The van der Waals surface area contributed by atoms with Crippen LogP contribution in [0.1, 0.15) is 34.3 Å². The summed E-state index contributed by atoms with van der Waals surface area (Å²) in [6.45, 7) is 1.59. The van der Waals surface area contributed by atoms with Crippen molar-refractivity contribution in [1.29, 1.82) is 0 Å². The molecule has 132 valence electrons. The van der Waals surface area contributed by atoms with Gasteiger partial charge in [-0.25, -0.2) is 0 Å². The van der Waals surface area contributed by atoms with Crippen LogP contribution in [0.4, 0.5) is 0 Å². The minimum Gasteiger partial charge on any atom is -0.359 e. The van der Waals surface area contributed by atoms with E-state index in [0.29, 0.717) is 19.6 Å². The number of fused-ring (bicyclic) bond motifs is 1. The molecule has 0 bridgehead atoms. The molecule has 25 heavy (non-hydrogen) atoms. The van der Waals surface area contributed by atoms with Gasteiger partial charge in [0.05, 0.1) is 12.0 Å². The van der Waals surface area contributed by atoms with Crippen LogP contribution in [0.5, 0.6) is 0 Å². The fourth-order valence-electron chi connectivity index (χ4n) is 4.27. The van der Waals surface area contributed by atoms with Gasteiger partial charge < -0.3 is 15.1 Å². The van der Waals surface area contributed by atoms with E-state index in [9.17, 15) is 14.4 Å². The Hall–Kier alpha value is -2.37. The van der Waals surface area contributed by atoms with E-state index in [4.69, 9.17) is 0 Å². The van der Waals surface area contributed by atoms with Crippen LogP contribution < -0.4 is 5.32 Å². The highest BCUT2D eigenvalue weighted by atomic mass is 16.2. The summed E-state index contributed by atoms with van der Waals surface area (Å²) in [5.74, 6) is -0.251. The molecule has 0 radical (unpaired) electrons. The Morgan fingerprint density at radius 3 is 2.72 bits per heavy atom. The van der Waals surface area contributed by atoms with Crippen molar-refractivity contribution in [3.05, 3.63) is 34.9 Å². The molecule has 6 nitrogen and oxygen atoms in total. The van der Waals surface area contributed by atoms with E-state index in [2.05, 4.69) is 11.4 Å². The highest BCUT2D eigenvalue weighted by Gasteiger charge is 2.43. The molecule has 1 aliphatic carbocycles. The topological polar surface area (TPSA) is 69.7 Å². The number of rotatable bonds is 3. The summed E-state index contributed by atoms with van der Waals surface area (Å²) in [6, 6.07) is 6.04. The Morgan fingerprint density at radius 2 is 1.96 bits per heavy atom. The Bertz CT molecular complexity index is 739. The zero-order valence-corrected chi connectivity index (χ0v) is 14.5. The third-order valence-electron chi connectivity index (χ3n) is 5.74. The molecular weight excluding hydrogens is 318 g/mol. The van der Waals surface area contributed by atoms with E-state index >= 15 is 0 Å². The van der Waals surface area contributed by atoms with Crippen LogP contribution in [-0.2, 0) is 22.4 Å². The van der Waals surface area contributed by atoms with E-state index in [0.717, 1.165) is 24.8 Å². The average molecular weight is 341 g/mol. The Kier molecular flexibility index (Phi) is 3.98. The van der Waals surface area contributed by atoms with Gasteiger partial charge in [0, 0.05) is 38.7 Å². The standard InChI is InChI=1S/C19H23N3O3/c1-20-18(24)13-8-17(23)22(9-13)14-10-21(11-14)19(25)16-7-3-5-12-4-2-6-15(12)16/h3,5,7,13-14H,2,4,6,8-11H2,1H3,(H,20,24). The SMILES string of the molecule is CNC(=O)C1CC(=O)N(C2CN(C(=O)c3cccc4c3CCC4)C2)C1. The second kappa shape index (κ2) is 6.17. The van der Waals surface area contributed by atoms with Gasteiger partial charge in [-0.1, -0.05) is 12.1 Å². The summed E-state index contributed by atoms with van der Waals surface area (Å²) in [5.41, 5.74) is 3.32. The van der Waals surface area contributed by atoms with Crippen molar-refractivity contribution in [3.8, 4) is 0 Å². The van der Waals surface area contributed by atoms with E-state index in [-0.39, 0.29) is 36.1 Å². The minimum absolute atomic E-state index is 0.0197. The summed E-state index contributed by atoms with van der Waals surface area (Å²) in [6.07, 6.45) is 3.43. The largest absolute Gasteiger partial charge is 0.359 e. The van der Waals surface area contributed by atoms with Crippen molar-refractivity contribution >= 4 is 17.7 Å². The van der Waals surface area contributed by atoms with Crippen LogP contribution >= 0.6 is 0 Å². The molecule has 1 aromatic rings. The van der Waals surface area contributed by atoms with Crippen LogP contribution in [-0.4, -0.2) is 60.2 Å². The summed E-state index contributed by atoms with van der Waals surface area (Å²) in [4.78, 5) is 40.3. The van der Waals surface area contributed by atoms with Crippen molar-refractivity contribution in [1.82, 2.24) is 15.1 Å². The molecule has 1 aromatic carbocycles. The molecule has 2 fully saturated rings. The van der Waals surface area contributed by atoms with Crippen molar-refractivity contribution in [2.45, 2.75) is 31.7 Å². The van der Waals surface area contributed by atoms with Gasteiger partial charge in [-0.05, 0) is 36.5 Å². The second-order valence-electron chi connectivity index (χ2n) is 7.22. The van der Waals surface area contributed by atoms with Crippen LogP contribution in [0.3, 0.4) is 0 Å². The molecule has 1 N–H and O–H groups in total.